The quantitative estimate of drug-likeness (QED) is 0.401. The maximum atomic E-state index is 13.2. The number of furan rings is 1. The van der Waals surface area contributed by atoms with Gasteiger partial charge in [0.25, 0.3) is 0 Å². The third-order valence-electron chi connectivity index (χ3n) is 5.42. The number of hydrogen-bond acceptors (Lipinski definition) is 6. The van der Waals surface area contributed by atoms with Crippen LogP contribution in [-0.4, -0.2) is 58.3 Å². The van der Waals surface area contributed by atoms with Crippen molar-refractivity contribution < 1.29 is 29.0 Å². The van der Waals surface area contributed by atoms with Crippen molar-refractivity contribution in [2.45, 2.75) is 45.1 Å². The fraction of sp³-hybridized carbons (Fsp3) is 0.417. The van der Waals surface area contributed by atoms with E-state index in [1.807, 2.05) is 18.2 Å². The molecule has 33 heavy (non-hydrogen) atoms. The maximum absolute atomic E-state index is 13.2. The van der Waals surface area contributed by atoms with Gasteiger partial charge in [-0.15, -0.1) is 0 Å². The van der Waals surface area contributed by atoms with Gasteiger partial charge in [0.05, 0.1) is 28.7 Å². The predicted molar refractivity (Wildman–Crippen MR) is 130 cm³/mol. The van der Waals surface area contributed by atoms with Crippen LogP contribution in [0.1, 0.15) is 25.8 Å². The molecule has 0 aliphatic heterocycles. The standard InChI is InChI=1S/C24H29IN2O6/c1-15(2)24(31)27(13-16-7-10-32-14-16)19-11-17(23(30)26-8-9-28)12-21(22(19)29)33-20-6-4-3-5-18(20)25/h3-7,10,12,14-15,19,21-22,28-29H,8-9,11,13H2,1-2H3,(H,26,30)/t19-,21+,22+/m1/s1. The van der Waals surface area contributed by atoms with Crippen LogP contribution in [0.25, 0.3) is 0 Å². The highest BCUT2D eigenvalue weighted by molar-refractivity contribution is 14.1. The molecular weight excluding hydrogens is 539 g/mol. The lowest BCUT2D eigenvalue weighted by atomic mass is 9.87. The Morgan fingerprint density at radius 2 is 2.06 bits per heavy atom. The summed E-state index contributed by atoms with van der Waals surface area (Å²) < 4.78 is 12.1. The van der Waals surface area contributed by atoms with Crippen molar-refractivity contribution >= 4 is 34.4 Å². The smallest absolute Gasteiger partial charge is 0.247 e. The second-order valence-electron chi connectivity index (χ2n) is 8.20. The number of nitrogens with one attached hydrogen (secondary N) is 1. The van der Waals surface area contributed by atoms with Gasteiger partial charge in [0.1, 0.15) is 18.0 Å². The summed E-state index contributed by atoms with van der Waals surface area (Å²) in [6.07, 6.45) is 2.93. The highest BCUT2D eigenvalue weighted by Gasteiger charge is 2.41. The summed E-state index contributed by atoms with van der Waals surface area (Å²) in [4.78, 5) is 27.5. The van der Waals surface area contributed by atoms with Crippen molar-refractivity contribution in [1.82, 2.24) is 10.2 Å². The first kappa shape index (κ1) is 25.3. The summed E-state index contributed by atoms with van der Waals surface area (Å²) in [5.41, 5.74) is 1.18. The highest BCUT2D eigenvalue weighted by atomic mass is 127. The Bertz CT molecular complexity index is 975. The topological polar surface area (TPSA) is 112 Å². The molecule has 1 aromatic heterocycles. The summed E-state index contributed by atoms with van der Waals surface area (Å²) in [6.45, 7) is 3.74. The molecule has 8 nitrogen and oxygen atoms in total. The molecule has 3 rings (SSSR count). The lowest BCUT2D eigenvalue weighted by Gasteiger charge is -2.41. The lowest BCUT2D eigenvalue weighted by Crippen LogP contribution is -2.55. The van der Waals surface area contributed by atoms with Crippen LogP contribution in [0.2, 0.25) is 0 Å². The van der Waals surface area contributed by atoms with E-state index in [1.165, 1.54) is 6.26 Å². The molecule has 0 radical (unpaired) electrons. The molecule has 1 heterocycles. The number of carbonyl (C=O) groups is 2. The molecule has 3 atom stereocenters. The summed E-state index contributed by atoms with van der Waals surface area (Å²) in [5.74, 6) is -0.246. The number of nitrogens with zero attached hydrogens (tertiary/aromatic N) is 1. The van der Waals surface area contributed by atoms with Crippen molar-refractivity contribution in [3.05, 3.63) is 63.6 Å². The molecule has 2 amide bonds. The third-order valence-corrected chi connectivity index (χ3v) is 6.32. The van der Waals surface area contributed by atoms with Crippen LogP contribution >= 0.6 is 22.6 Å². The Morgan fingerprint density at radius 3 is 2.70 bits per heavy atom. The van der Waals surface area contributed by atoms with Gasteiger partial charge in [-0.2, -0.15) is 0 Å². The summed E-state index contributed by atoms with van der Waals surface area (Å²) in [5, 5.41) is 23.1. The number of hydrogen-bond donors (Lipinski definition) is 3. The number of para-hydroxylation sites is 1. The first-order valence-electron chi connectivity index (χ1n) is 10.8. The minimum atomic E-state index is -1.06. The Labute approximate surface area is 206 Å². The molecule has 0 spiro atoms. The van der Waals surface area contributed by atoms with Crippen LogP contribution in [0.5, 0.6) is 5.75 Å². The van der Waals surface area contributed by atoms with Gasteiger partial charge in [0, 0.05) is 36.6 Å². The largest absolute Gasteiger partial charge is 0.482 e. The molecule has 1 aliphatic carbocycles. The van der Waals surface area contributed by atoms with Crippen LogP contribution < -0.4 is 10.1 Å². The summed E-state index contributed by atoms with van der Waals surface area (Å²) >= 11 is 2.14. The second kappa shape index (κ2) is 11.7. The zero-order valence-electron chi connectivity index (χ0n) is 18.6. The van der Waals surface area contributed by atoms with E-state index in [2.05, 4.69) is 27.9 Å². The Balaban J connectivity index is 1.96. The van der Waals surface area contributed by atoms with E-state index in [9.17, 15) is 14.7 Å². The zero-order chi connectivity index (χ0) is 24.0. The number of halogens is 1. The van der Waals surface area contributed by atoms with Crippen LogP contribution in [0.4, 0.5) is 0 Å². The van der Waals surface area contributed by atoms with Crippen molar-refractivity contribution in [1.29, 1.82) is 0 Å². The van der Waals surface area contributed by atoms with Crippen molar-refractivity contribution in [3.63, 3.8) is 0 Å². The molecule has 3 N–H and O–H groups in total. The molecule has 0 bridgehead atoms. The average Bonchev–Trinajstić information content (AvgIpc) is 3.31. The minimum absolute atomic E-state index is 0.106. The third kappa shape index (κ3) is 6.36. The van der Waals surface area contributed by atoms with Gasteiger partial charge in [0.2, 0.25) is 11.8 Å². The molecule has 178 valence electrons. The van der Waals surface area contributed by atoms with E-state index < -0.39 is 18.2 Å². The van der Waals surface area contributed by atoms with Gasteiger partial charge in [-0.05, 0) is 46.9 Å². The average molecular weight is 568 g/mol. The summed E-state index contributed by atoms with van der Waals surface area (Å²) in [6, 6.07) is 8.46. The molecule has 0 fully saturated rings. The molecule has 0 saturated carbocycles. The monoisotopic (exact) mass is 568 g/mol. The van der Waals surface area contributed by atoms with Crippen LogP contribution in [0.15, 0.2) is 58.9 Å². The van der Waals surface area contributed by atoms with Gasteiger partial charge in [-0.25, -0.2) is 0 Å². The number of aliphatic hydroxyl groups is 2. The number of rotatable bonds is 9. The van der Waals surface area contributed by atoms with Crippen molar-refractivity contribution in [3.8, 4) is 5.75 Å². The Morgan fingerprint density at radius 1 is 1.30 bits per heavy atom. The molecule has 2 aromatic rings. The van der Waals surface area contributed by atoms with E-state index >= 15 is 0 Å². The van der Waals surface area contributed by atoms with Crippen LogP contribution in [-0.2, 0) is 16.1 Å². The number of benzene rings is 1. The van der Waals surface area contributed by atoms with Gasteiger partial charge < -0.3 is 29.6 Å². The normalized spacial score (nSPS) is 20.3. The first-order valence-corrected chi connectivity index (χ1v) is 11.9. The maximum Gasteiger partial charge on any atom is 0.247 e. The van der Waals surface area contributed by atoms with Gasteiger partial charge in [-0.3, -0.25) is 9.59 Å². The second-order valence-corrected chi connectivity index (χ2v) is 9.36. The van der Waals surface area contributed by atoms with Crippen molar-refractivity contribution in [2.24, 2.45) is 5.92 Å². The van der Waals surface area contributed by atoms with E-state index in [0.717, 1.165) is 9.13 Å². The molecule has 0 saturated heterocycles. The Kier molecular flexibility index (Phi) is 8.93. The molecule has 1 aliphatic rings. The molecule has 0 unspecified atom stereocenters. The Hall–Kier alpha value is -2.37. The van der Waals surface area contributed by atoms with Gasteiger partial charge >= 0.3 is 0 Å². The number of amides is 2. The summed E-state index contributed by atoms with van der Waals surface area (Å²) in [7, 11) is 0. The highest BCUT2D eigenvalue weighted by Crippen LogP contribution is 2.31. The first-order chi connectivity index (χ1) is 15.8. The predicted octanol–water partition coefficient (Wildman–Crippen LogP) is 2.48. The molecular formula is C24H29IN2O6. The van der Waals surface area contributed by atoms with E-state index in [-0.39, 0.29) is 43.8 Å². The van der Waals surface area contributed by atoms with Crippen LogP contribution in [0, 0.1) is 9.49 Å². The zero-order valence-corrected chi connectivity index (χ0v) is 20.8. The SMILES string of the molecule is CC(C)C(=O)N(Cc1ccoc1)[C@@H]1CC(C(=O)NCCO)=C[C@H](Oc2ccccc2I)[C@H]1O. The van der Waals surface area contributed by atoms with Crippen molar-refractivity contribution in [2.75, 3.05) is 13.2 Å². The van der Waals surface area contributed by atoms with E-state index in [1.54, 1.807) is 43.2 Å². The lowest BCUT2D eigenvalue weighted by molar-refractivity contribution is -0.142. The van der Waals surface area contributed by atoms with E-state index in [0.29, 0.717) is 11.3 Å². The van der Waals surface area contributed by atoms with Gasteiger partial charge in [-0.1, -0.05) is 26.0 Å². The fourth-order valence-corrected chi connectivity index (χ4v) is 4.25. The number of carbonyl (C=O) groups excluding carboxylic acids is 2. The molecule has 1 aromatic carbocycles. The van der Waals surface area contributed by atoms with Crippen LogP contribution in [0.3, 0.4) is 0 Å². The number of aliphatic hydroxyl groups excluding tert-OH is 2. The van der Waals surface area contributed by atoms with E-state index in [4.69, 9.17) is 14.3 Å². The number of ether oxygens (including phenoxy) is 1. The van der Waals surface area contributed by atoms with Gasteiger partial charge in [0.15, 0.2) is 0 Å². The molecule has 9 heteroatoms. The minimum Gasteiger partial charge on any atom is -0.482 e. The fourth-order valence-electron chi connectivity index (χ4n) is 3.74.